The first-order chi connectivity index (χ1) is 17.6. The van der Waals surface area contributed by atoms with Crippen molar-refractivity contribution in [1.82, 2.24) is 0 Å². The van der Waals surface area contributed by atoms with E-state index in [1.54, 1.807) is 0 Å². The molecule has 0 bridgehead atoms. The van der Waals surface area contributed by atoms with Crippen LogP contribution in [0.25, 0.3) is 0 Å². The fourth-order valence-electron chi connectivity index (χ4n) is 4.65. The summed E-state index contributed by atoms with van der Waals surface area (Å²) in [5.41, 5.74) is 0.209. The summed E-state index contributed by atoms with van der Waals surface area (Å²) in [7, 11) is 0. The van der Waals surface area contributed by atoms with E-state index >= 15 is 0 Å². The van der Waals surface area contributed by atoms with Crippen LogP contribution < -0.4 is 0 Å². The second-order valence-electron chi connectivity index (χ2n) is 12.7. The van der Waals surface area contributed by atoms with Crippen LogP contribution in [0.4, 0.5) is 0 Å². The van der Waals surface area contributed by atoms with E-state index in [1.807, 2.05) is 0 Å². The Morgan fingerprint density at radius 3 is 1.79 bits per heavy atom. The lowest BCUT2D eigenvalue weighted by Gasteiger charge is -2.46. The summed E-state index contributed by atoms with van der Waals surface area (Å²) >= 11 is 0. The van der Waals surface area contributed by atoms with Crippen LogP contribution in [0.15, 0.2) is 0 Å². The Kier molecular flexibility index (Phi) is 12.4. The van der Waals surface area contributed by atoms with Gasteiger partial charge in [0, 0.05) is 0 Å². The molecule has 0 amide bonds. The highest BCUT2D eigenvalue weighted by atomic mass is 16.7. The highest BCUT2D eigenvalue weighted by molar-refractivity contribution is 4.94. The number of aliphatic hydroxyl groups excluding tert-OH is 7. The molecule has 2 heterocycles. The average Bonchev–Trinajstić information content (AvgIpc) is 2.86. The van der Waals surface area contributed by atoms with Gasteiger partial charge in [-0.1, -0.05) is 48.5 Å². The maximum Gasteiger partial charge on any atom is 0.187 e. The summed E-state index contributed by atoms with van der Waals surface area (Å²) in [5.74, 6) is 1.01. The third-order valence-corrected chi connectivity index (χ3v) is 9.11. The van der Waals surface area contributed by atoms with Gasteiger partial charge in [0.15, 0.2) is 12.6 Å². The SMILES string of the molecule is CC(C)C(C)(C)CCC(C)C(C)(C)CCOC1OC(CO)C(OC2OC(CO)C(O)C(O)C2O)C(O)C1O. The van der Waals surface area contributed by atoms with Crippen molar-refractivity contribution >= 4 is 0 Å². The molecule has 0 radical (unpaired) electrons. The fourth-order valence-corrected chi connectivity index (χ4v) is 4.65. The quantitative estimate of drug-likeness (QED) is 0.165. The number of rotatable bonds is 13. The molecule has 2 rings (SSSR count). The zero-order valence-electron chi connectivity index (χ0n) is 23.9. The molecule has 11 nitrogen and oxygen atoms in total. The van der Waals surface area contributed by atoms with Crippen molar-refractivity contribution < 1.29 is 54.7 Å². The van der Waals surface area contributed by atoms with Gasteiger partial charge in [-0.3, -0.25) is 0 Å². The third kappa shape index (κ3) is 8.07. The fraction of sp³-hybridized carbons (Fsp3) is 1.00. The lowest BCUT2D eigenvalue weighted by molar-refractivity contribution is -0.359. The van der Waals surface area contributed by atoms with E-state index in [1.165, 1.54) is 0 Å². The largest absolute Gasteiger partial charge is 0.394 e. The monoisotopic (exact) mass is 552 g/mol. The van der Waals surface area contributed by atoms with Crippen molar-refractivity contribution in [2.24, 2.45) is 22.7 Å². The second kappa shape index (κ2) is 14.0. The Bertz CT molecular complexity index is 699. The molecule has 2 fully saturated rings. The highest BCUT2D eigenvalue weighted by Gasteiger charge is 2.50. The smallest absolute Gasteiger partial charge is 0.187 e. The molecule has 11 unspecified atom stereocenters. The molecular formula is C27H52O11. The van der Waals surface area contributed by atoms with Crippen LogP contribution >= 0.6 is 0 Å². The summed E-state index contributed by atoms with van der Waals surface area (Å²) in [6.07, 6.45) is -11.7. The third-order valence-electron chi connectivity index (χ3n) is 9.11. The molecule has 0 aromatic carbocycles. The van der Waals surface area contributed by atoms with Gasteiger partial charge < -0.3 is 54.7 Å². The number of hydrogen-bond donors (Lipinski definition) is 7. The van der Waals surface area contributed by atoms with Crippen LogP contribution in [0, 0.1) is 22.7 Å². The van der Waals surface area contributed by atoms with E-state index in [0.717, 1.165) is 12.8 Å². The molecule has 0 aromatic rings. The van der Waals surface area contributed by atoms with E-state index in [-0.39, 0.29) is 17.4 Å². The number of ether oxygens (including phenoxy) is 4. The summed E-state index contributed by atoms with van der Waals surface area (Å²) in [5, 5.41) is 70.9. The van der Waals surface area contributed by atoms with Gasteiger partial charge in [-0.2, -0.15) is 0 Å². The molecule has 226 valence electrons. The molecular weight excluding hydrogens is 500 g/mol. The molecule has 38 heavy (non-hydrogen) atoms. The van der Waals surface area contributed by atoms with E-state index in [2.05, 4.69) is 48.5 Å². The molecule has 0 aliphatic carbocycles. The van der Waals surface area contributed by atoms with E-state index in [9.17, 15) is 35.7 Å². The zero-order chi connectivity index (χ0) is 29.0. The predicted octanol–water partition coefficient (Wildman–Crippen LogP) is 0.142. The van der Waals surface area contributed by atoms with Gasteiger partial charge in [0.25, 0.3) is 0 Å². The van der Waals surface area contributed by atoms with Gasteiger partial charge in [-0.15, -0.1) is 0 Å². The minimum absolute atomic E-state index is 0.0452. The summed E-state index contributed by atoms with van der Waals surface area (Å²) < 4.78 is 22.4. The Hall–Kier alpha value is -0.440. The van der Waals surface area contributed by atoms with Crippen molar-refractivity contribution in [1.29, 1.82) is 0 Å². The first-order valence-corrected chi connectivity index (χ1v) is 13.8. The standard InChI is InChI=1S/C27H52O11/c1-14(2)26(4,5)9-8-15(3)27(6,7)10-11-35-24-22(34)20(32)23(17(13-29)37-24)38-25-21(33)19(31)18(30)16(12-28)36-25/h14-25,28-34H,8-13H2,1-7H3. The lowest BCUT2D eigenvalue weighted by atomic mass is 9.70. The van der Waals surface area contributed by atoms with Crippen molar-refractivity contribution in [3.63, 3.8) is 0 Å². The molecule has 2 saturated heterocycles. The van der Waals surface area contributed by atoms with Gasteiger partial charge in [0.1, 0.15) is 48.8 Å². The Balaban J connectivity index is 1.95. The minimum Gasteiger partial charge on any atom is -0.394 e. The van der Waals surface area contributed by atoms with Crippen LogP contribution in [0.2, 0.25) is 0 Å². The molecule has 0 spiro atoms. The summed E-state index contributed by atoms with van der Waals surface area (Å²) in [4.78, 5) is 0. The minimum atomic E-state index is -1.71. The molecule has 7 N–H and O–H groups in total. The first kappa shape index (κ1) is 33.8. The van der Waals surface area contributed by atoms with Gasteiger partial charge in [0.05, 0.1) is 19.8 Å². The molecule has 2 aliphatic heterocycles. The molecule has 0 saturated carbocycles. The normalized spacial score (nSPS) is 38.0. The van der Waals surface area contributed by atoms with Crippen molar-refractivity contribution in [3.8, 4) is 0 Å². The molecule has 11 atom stereocenters. The molecule has 11 heteroatoms. The van der Waals surface area contributed by atoms with Gasteiger partial charge in [-0.05, 0) is 41.9 Å². The van der Waals surface area contributed by atoms with Gasteiger partial charge >= 0.3 is 0 Å². The Labute approximate surface area is 226 Å². The van der Waals surface area contributed by atoms with Crippen molar-refractivity contribution in [2.75, 3.05) is 19.8 Å². The zero-order valence-corrected chi connectivity index (χ0v) is 23.9. The van der Waals surface area contributed by atoms with Crippen LogP contribution in [-0.2, 0) is 18.9 Å². The summed E-state index contributed by atoms with van der Waals surface area (Å²) in [6.45, 7) is 14.7. The number of aliphatic hydroxyl groups is 7. The molecule has 2 aliphatic rings. The Morgan fingerprint density at radius 1 is 0.684 bits per heavy atom. The molecule has 0 aromatic heterocycles. The maximum absolute atomic E-state index is 10.8. The number of hydrogen-bond acceptors (Lipinski definition) is 11. The first-order valence-electron chi connectivity index (χ1n) is 13.8. The van der Waals surface area contributed by atoms with Crippen LogP contribution in [-0.4, -0.2) is 117 Å². The average molecular weight is 553 g/mol. The predicted molar refractivity (Wildman–Crippen MR) is 138 cm³/mol. The van der Waals surface area contributed by atoms with Gasteiger partial charge in [-0.25, -0.2) is 0 Å². The van der Waals surface area contributed by atoms with Crippen molar-refractivity contribution in [2.45, 2.75) is 129 Å². The van der Waals surface area contributed by atoms with Crippen LogP contribution in [0.3, 0.4) is 0 Å². The topological polar surface area (TPSA) is 179 Å². The van der Waals surface area contributed by atoms with E-state index in [4.69, 9.17) is 18.9 Å². The van der Waals surface area contributed by atoms with E-state index in [0.29, 0.717) is 18.3 Å². The second-order valence-corrected chi connectivity index (χ2v) is 12.7. The lowest BCUT2D eigenvalue weighted by Crippen LogP contribution is -2.64. The Morgan fingerprint density at radius 2 is 1.24 bits per heavy atom. The summed E-state index contributed by atoms with van der Waals surface area (Å²) in [6, 6.07) is 0. The van der Waals surface area contributed by atoms with E-state index < -0.39 is 74.6 Å². The van der Waals surface area contributed by atoms with Crippen LogP contribution in [0.5, 0.6) is 0 Å². The van der Waals surface area contributed by atoms with Crippen LogP contribution in [0.1, 0.15) is 67.7 Å². The maximum atomic E-state index is 10.8. The van der Waals surface area contributed by atoms with Gasteiger partial charge in [0.2, 0.25) is 0 Å². The van der Waals surface area contributed by atoms with Crippen molar-refractivity contribution in [3.05, 3.63) is 0 Å². The highest BCUT2D eigenvalue weighted by Crippen LogP contribution is 2.39.